The van der Waals surface area contributed by atoms with Crippen molar-refractivity contribution in [1.29, 1.82) is 0 Å². The van der Waals surface area contributed by atoms with E-state index in [1.807, 2.05) is 24.3 Å². The van der Waals surface area contributed by atoms with Gasteiger partial charge in [0.15, 0.2) is 0 Å². The SMILES string of the molecule is CC[C@H](C)[C@H](N)C(=O)N1CCC[C@@H](Cc2nccn2C)C1. The zero-order chi connectivity index (χ0) is 15.4. The van der Waals surface area contributed by atoms with Crippen molar-refractivity contribution in [3.05, 3.63) is 18.2 Å². The molecular weight excluding hydrogens is 264 g/mol. The highest BCUT2D eigenvalue weighted by atomic mass is 16.2. The number of hydrogen-bond donors (Lipinski definition) is 1. The van der Waals surface area contributed by atoms with Gasteiger partial charge in [-0.1, -0.05) is 20.3 Å². The van der Waals surface area contributed by atoms with Crippen molar-refractivity contribution in [2.45, 2.75) is 45.6 Å². The van der Waals surface area contributed by atoms with Gasteiger partial charge in [0.1, 0.15) is 5.82 Å². The standard InChI is InChI=1S/C16H28N4O/c1-4-12(2)15(17)16(21)20-8-5-6-13(11-20)10-14-18-7-9-19(14)3/h7,9,12-13,15H,4-6,8,10-11,17H2,1-3H3/t12-,13-,15-/m0/s1. The van der Waals surface area contributed by atoms with Gasteiger partial charge in [-0.25, -0.2) is 4.98 Å². The van der Waals surface area contributed by atoms with Crippen LogP contribution in [-0.2, 0) is 18.3 Å². The maximum Gasteiger partial charge on any atom is 0.239 e. The van der Waals surface area contributed by atoms with E-state index in [2.05, 4.69) is 23.4 Å². The lowest BCUT2D eigenvalue weighted by molar-refractivity contribution is -0.135. The normalized spacial score (nSPS) is 22.1. The zero-order valence-corrected chi connectivity index (χ0v) is 13.5. The summed E-state index contributed by atoms with van der Waals surface area (Å²) in [4.78, 5) is 18.9. The molecule has 3 atom stereocenters. The molecule has 0 bridgehead atoms. The molecule has 1 amide bonds. The van der Waals surface area contributed by atoms with Crippen molar-refractivity contribution < 1.29 is 4.79 Å². The Bertz CT molecular complexity index is 471. The predicted octanol–water partition coefficient (Wildman–Crippen LogP) is 1.57. The first kappa shape index (κ1) is 16.0. The molecule has 21 heavy (non-hydrogen) atoms. The molecule has 0 aromatic carbocycles. The second kappa shape index (κ2) is 7.07. The number of nitrogens with two attached hydrogens (primary N) is 1. The molecule has 0 unspecified atom stereocenters. The van der Waals surface area contributed by atoms with Gasteiger partial charge in [0.05, 0.1) is 6.04 Å². The molecule has 0 aliphatic carbocycles. The van der Waals surface area contributed by atoms with E-state index in [1.165, 1.54) is 0 Å². The number of rotatable bonds is 5. The number of piperidine rings is 1. The molecular formula is C16H28N4O. The molecule has 2 rings (SSSR count). The van der Waals surface area contributed by atoms with Gasteiger partial charge in [0.25, 0.3) is 0 Å². The fourth-order valence-corrected chi connectivity index (χ4v) is 2.99. The van der Waals surface area contributed by atoms with Crippen LogP contribution in [-0.4, -0.2) is 39.5 Å². The second-order valence-electron chi connectivity index (χ2n) is 6.36. The van der Waals surface area contributed by atoms with Crippen molar-refractivity contribution in [2.24, 2.45) is 24.6 Å². The van der Waals surface area contributed by atoms with Crippen LogP contribution in [0.5, 0.6) is 0 Å². The summed E-state index contributed by atoms with van der Waals surface area (Å²) in [6, 6.07) is -0.359. The minimum absolute atomic E-state index is 0.119. The third kappa shape index (κ3) is 3.84. The first-order chi connectivity index (χ1) is 10.0. The highest BCUT2D eigenvalue weighted by Crippen LogP contribution is 2.21. The van der Waals surface area contributed by atoms with Gasteiger partial charge in [-0.3, -0.25) is 4.79 Å². The Balaban J connectivity index is 1.94. The van der Waals surface area contributed by atoms with Gasteiger partial charge in [-0.15, -0.1) is 0 Å². The van der Waals surface area contributed by atoms with Crippen LogP contribution in [0.3, 0.4) is 0 Å². The summed E-state index contributed by atoms with van der Waals surface area (Å²) in [5, 5.41) is 0. The lowest BCUT2D eigenvalue weighted by Gasteiger charge is -2.35. The van der Waals surface area contributed by atoms with E-state index < -0.39 is 0 Å². The van der Waals surface area contributed by atoms with E-state index in [-0.39, 0.29) is 17.9 Å². The summed E-state index contributed by atoms with van der Waals surface area (Å²) in [6.07, 6.45) is 7.91. The number of likely N-dealkylation sites (tertiary alicyclic amines) is 1. The molecule has 1 saturated heterocycles. The summed E-state index contributed by atoms with van der Waals surface area (Å²) in [7, 11) is 2.02. The monoisotopic (exact) mass is 292 g/mol. The summed E-state index contributed by atoms with van der Waals surface area (Å²) in [5.74, 6) is 1.95. The largest absolute Gasteiger partial charge is 0.341 e. The molecule has 5 nitrogen and oxygen atoms in total. The molecule has 2 heterocycles. The maximum absolute atomic E-state index is 12.5. The fraction of sp³-hybridized carbons (Fsp3) is 0.750. The van der Waals surface area contributed by atoms with Crippen LogP contribution in [0, 0.1) is 11.8 Å². The Morgan fingerprint density at radius 1 is 1.57 bits per heavy atom. The van der Waals surface area contributed by atoms with Gasteiger partial charge >= 0.3 is 0 Å². The van der Waals surface area contributed by atoms with E-state index in [9.17, 15) is 4.79 Å². The number of nitrogens with zero attached hydrogens (tertiary/aromatic N) is 3. The fourth-order valence-electron chi connectivity index (χ4n) is 2.99. The van der Waals surface area contributed by atoms with Crippen LogP contribution in [0.2, 0.25) is 0 Å². The number of imidazole rings is 1. The van der Waals surface area contributed by atoms with Gasteiger partial charge in [0, 0.05) is 39.0 Å². The molecule has 1 aliphatic rings. The van der Waals surface area contributed by atoms with E-state index in [4.69, 9.17) is 5.73 Å². The lowest BCUT2D eigenvalue weighted by Crippen LogP contribution is -2.50. The summed E-state index contributed by atoms with van der Waals surface area (Å²) < 4.78 is 2.06. The molecule has 0 radical (unpaired) electrons. The number of carbonyl (C=O) groups is 1. The molecule has 1 aromatic heterocycles. The number of aromatic nitrogens is 2. The van der Waals surface area contributed by atoms with Gasteiger partial charge in [-0.2, -0.15) is 0 Å². The molecule has 2 N–H and O–H groups in total. The third-order valence-electron chi connectivity index (χ3n) is 4.77. The Labute approximate surface area is 127 Å². The lowest BCUT2D eigenvalue weighted by atomic mass is 9.92. The van der Waals surface area contributed by atoms with E-state index in [0.717, 1.165) is 44.6 Å². The topological polar surface area (TPSA) is 64.2 Å². The Hall–Kier alpha value is -1.36. The van der Waals surface area contributed by atoms with E-state index in [0.29, 0.717) is 5.92 Å². The van der Waals surface area contributed by atoms with Crippen LogP contribution < -0.4 is 5.73 Å². The molecule has 1 aromatic rings. The molecule has 1 fully saturated rings. The van der Waals surface area contributed by atoms with Gasteiger partial charge in [0.2, 0.25) is 5.91 Å². The summed E-state index contributed by atoms with van der Waals surface area (Å²) >= 11 is 0. The van der Waals surface area contributed by atoms with E-state index in [1.54, 1.807) is 0 Å². The van der Waals surface area contributed by atoms with Crippen molar-refractivity contribution in [3.8, 4) is 0 Å². The highest BCUT2D eigenvalue weighted by Gasteiger charge is 2.29. The van der Waals surface area contributed by atoms with E-state index >= 15 is 0 Å². The highest BCUT2D eigenvalue weighted by molar-refractivity contribution is 5.82. The predicted molar refractivity (Wildman–Crippen MR) is 83.6 cm³/mol. The minimum atomic E-state index is -0.359. The average Bonchev–Trinajstić information content (AvgIpc) is 2.90. The van der Waals surface area contributed by atoms with Crippen LogP contribution >= 0.6 is 0 Å². The smallest absolute Gasteiger partial charge is 0.239 e. The maximum atomic E-state index is 12.5. The Morgan fingerprint density at radius 2 is 2.33 bits per heavy atom. The zero-order valence-electron chi connectivity index (χ0n) is 13.5. The van der Waals surface area contributed by atoms with Crippen molar-refractivity contribution in [3.63, 3.8) is 0 Å². The van der Waals surface area contributed by atoms with Gasteiger partial charge in [-0.05, 0) is 24.7 Å². The molecule has 0 saturated carbocycles. The van der Waals surface area contributed by atoms with Crippen molar-refractivity contribution in [2.75, 3.05) is 13.1 Å². The minimum Gasteiger partial charge on any atom is -0.341 e. The summed E-state index contributed by atoms with van der Waals surface area (Å²) in [6.45, 7) is 5.80. The third-order valence-corrected chi connectivity index (χ3v) is 4.77. The van der Waals surface area contributed by atoms with Crippen LogP contribution in [0.25, 0.3) is 0 Å². The van der Waals surface area contributed by atoms with Crippen molar-refractivity contribution >= 4 is 5.91 Å². The number of hydrogen-bond acceptors (Lipinski definition) is 3. The van der Waals surface area contributed by atoms with Crippen molar-refractivity contribution in [1.82, 2.24) is 14.5 Å². The van der Waals surface area contributed by atoms with Crippen LogP contribution in [0.4, 0.5) is 0 Å². The quantitative estimate of drug-likeness (QED) is 0.896. The first-order valence-corrected chi connectivity index (χ1v) is 8.03. The second-order valence-corrected chi connectivity index (χ2v) is 6.36. The first-order valence-electron chi connectivity index (χ1n) is 8.03. The Kier molecular flexibility index (Phi) is 5.39. The molecule has 0 spiro atoms. The molecule has 1 aliphatic heterocycles. The average molecular weight is 292 g/mol. The summed E-state index contributed by atoms with van der Waals surface area (Å²) in [5.41, 5.74) is 6.10. The van der Waals surface area contributed by atoms with Crippen LogP contribution in [0.15, 0.2) is 12.4 Å². The number of amides is 1. The van der Waals surface area contributed by atoms with Gasteiger partial charge < -0.3 is 15.2 Å². The number of aryl methyl sites for hydroxylation is 1. The molecule has 118 valence electrons. The van der Waals surface area contributed by atoms with Crippen LogP contribution in [0.1, 0.15) is 38.9 Å². The molecule has 5 heteroatoms. The number of carbonyl (C=O) groups excluding carboxylic acids is 1. The Morgan fingerprint density at radius 3 is 2.95 bits per heavy atom.